The third-order valence-corrected chi connectivity index (χ3v) is 3.32. The van der Waals surface area contributed by atoms with Gasteiger partial charge in [0.2, 0.25) is 5.91 Å². The van der Waals surface area contributed by atoms with Crippen LogP contribution in [0.1, 0.15) is 18.4 Å². The molecule has 20 heavy (non-hydrogen) atoms. The van der Waals surface area contributed by atoms with Gasteiger partial charge in [-0.25, -0.2) is 0 Å². The summed E-state index contributed by atoms with van der Waals surface area (Å²) in [5.41, 5.74) is 8.05. The Bertz CT molecular complexity index is 584. The summed E-state index contributed by atoms with van der Waals surface area (Å²) in [6, 6.07) is 15.2. The van der Waals surface area contributed by atoms with Crippen LogP contribution >= 0.6 is 11.6 Å². The van der Waals surface area contributed by atoms with Crippen LogP contribution in [-0.2, 0) is 11.2 Å². The Morgan fingerprint density at radius 2 is 1.90 bits per heavy atom. The van der Waals surface area contributed by atoms with Crippen molar-refractivity contribution in [1.82, 2.24) is 0 Å². The molecule has 0 unspecified atom stereocenters. The van der Waals surface area contributed by atoms with Crippen molar-refractivity contribution in [3.05, 3.63) is 59.1 Å². The standard InChI is InChI=1S/C16H17ClN2O/c17-14-11-13(9-10-15(14)18)19-16(20)8-4-7-12-5-2-1-3-6-12/h1-3,5-6,9-11H,4,7-8,18H2,(H,19,20). The predicted molar refractivity (Wildman–Crippen MR) is 83.9 cm³/mol. The van der Waals surface area contributed by atoms with Crippen molar-refractivity contribution in [2.45, 2.75) is 19.3 Å². The van der Waals surface area contributed by atoms with Gasteiger partial charge in [0.25, 0.3) is 0 Å². The number of halogens is 1. The van der Waals surface area contributed by atoms with E-state index >= 15 is 0 Å². The number of hydrogen-bond acceptors (Lipinski definition) is 2. The second-order valence-corrected chi connectivity index (χ2v) is 5.03. The predicted octanol–water partition coefficient (Wildman–Crippen LogP) is 3.88. The number of carbonyl (C=O) groups is 1. The molecule has 104 valence electrons. The molecule has 0 aromatic heterocycles. The maximum absolute atomic E-state index is 11.8. The number of nitrogens with one attached hydrogen (secondary N) is 1. The number of rotatable bonds is 5. The number of benzene rings is 2. The minimum atomic E-state index is -0.0123. The van der Waals surface area contributed by atoms with Crippen LogP contribution in [0, 0.1) is 0 Å². The molecule has 1 amide bonds. The molecule has 0 heterocycles. The van der Waals surface area contributed by atoms with Crippen molar-refractivity contribution < 1.29 is 4.79 Å². The smallest absolute Gasteiger partial charge is 0.224 e. The molecule has 0 spiro atoms. The molecule has 3 nitrogen and oxygen atoms in total. The summed E-state index contributed by atoms with van der Waals surface area (Å²) in [6.45, 7) is 0. The number of carbonyl (C=O) groups excluding carboxylic acids is 1. The molecule has 2 aromatic rings. The number of nitrogens with two attached hydrogens (primary N) is 1. The average molecular weight is 289 g/mol. The van der Waals surface area contributed by atoms with E-state index in [1.54, 1.807) is 18.2 Å². The molecular weight excluding hydrogens is 272 g/mol. The average Bonchev–Trinajstić information content (AvgIpc) is 2.44. The molecule has 0 saturated heterocycles. The van der Waals surface area contributed by atoms with Gasteiger partial charge in [-0.2, -0.15) is 0 Å². The number of nitrogen functional groups attached to an aromatic ring is 1. The fourth-order valence-electron chi connectivity index (χ4n) is 1.93. The van der Waals surface area contributed by atoms with E-state index in [0.29, 0.717) is 22.8 Å². The van der Waals surface area contributed by atoms with Gasteiger partial charge in [0.05, 0.1) is 10.7 Å². The summed E-state index contributed by atoms with van der Waals surface area (Å²) < 4.78 is 0. The van der Waals surface area contributed by atoms with Crippen molar-refractivity contribution in [3.8, 4) is 0 Å². The van der Waals surface area contributed by atoms with E-state index in [0.717, 1.165) is 12.8 Å². The van der Waals surface area contributed by atoms with E-state index < -0.39 is 0 Å². The quantitative estimate of drug-likeness (QED) is 0.820. The van der Waals surface area contributed by atoms with Gasteiger partial charge in [-0.1, -0.05) is 41.9 Å². The molecule has 0 saturated carbocycles. The monoisotopic (exact) mass is 288 g/mol. The topological polar surface area (TPSA) is 55.1 Å². The highest BCUT2D eigenvalue weighted by atomic mass is 35.5. The van der Waals surface area contributed by atoms with Gasteiger partial charge in [0.15, 0.2) is 0 Å². The maximum Gasteiger partial charge on any atom is 0.224 e. The van der Waals surface area contributed by atoms with Crippen LogP contribution in [0.4, 0.5) is 11.4 Å². The van der Waals surface area contributed by atoms with Crippen LogP contribution in [0.3, 0.4) is 0 Å². The normalized spacial score (nSPS) is 10.2. The number of amides is 1. The first-order valence-corrected chi connectivity index (χ1v) is 6.92. The van der Waals surface area contributed by atoms with E-state index in [-0.39, 0.29) is 5.91 Å². The molecule has 3 N–H and O–H groups in total. The Morgan fingerprint density at radius 1 is 1.15 bits per heavy atom. The lowest BCUT2D eigenvalue weighted by Gasteiger charge is -2.07. The zero-order chi connectivity index (χ0) is 14.4. The van der Waals surface area contributed by atoms with Crippen molar-refractivity contribution in [3.63, 3.8) is 0 Å². The Balaban J connectivity index is 1.79. The highest BCUT2D eigenvalue weighted by Crippen LogP contribution is 2.22. The molecule has 2 rings (SSSR count). The van der Waals surface area contributed by atoms with E-state index in [1.165, 1.54) is 5.56 Å². The highest BCUT2D eigenvalue weighted by molar-refractivity contribution is 6.33. The van der Waals surface area contributed by atoms with Crippen LogP contribution in [-0.4, -0.2) is 5.91 Å². The van der Waals surface area contributed by atoms with E-state index in [1.807, 2.05) is 18.2 Å². The Labute approximate surface area is 123 Å². The Kier molecular flexibility index (Phi) is 5.02. The molecular formula is C16H17ClN2O. The van der Waals surface area contributed by atoms with Gasteiger partial charge in [-0.05, 0) is 36.6 Å². The molecule has 0 aliphatic carbocycles. The fourth-order valence-corrected chi connectivity index (χ4v) is 2.11. The van der Waals surface area contributed by atoms with Gasteiger partial charge < -0.3 is 11.1 Å². The van der Waals surface area contributed by atoms with Crippen LogP contribution in [0.2, 0.25) is 5.02 Å². The first-order chi connectivity index (χ1) is 9.65. The van der Waals surface area contributed by atoms with Crippen LogP contribution in [0.15, 0.2) is 48.5 Å². The summed E-state index contributed by atoms with van der Waals surface area (Å²) in [7, 11) is 0. The SMILES string of the molecule is Nc1ccc(NC(=O)CCCc2ccccc2)cc1Cl. The van der Waals surface area contributed by atoms with E-state index in [4.69, 9.17) is 17.3 Å². The Morgan fingerprint density at radius 3 is 2.60 bits per heavy atom. The maximum atomic E-state index is 11.8. The third-order valence-electron chi connectivity index (χ3n) is 3.00. The number of anilines is 2. The van der Waals surface area contributed by atoms with Crippen LogP contribution < -0.4 is 11.1 Å². The van der Waals surface area contributed by atoms with E-state index in [2.05, 4.69) is 17.4 Å². The summed E-state index contributed by atoms with van der Waals surface area (Å²) in [6.07, 6.45) is 2.20. The second-order valence-electron chi connectivity index (χ2n) is 4.62. The molecule has 0 aliphatic heterocycles. The lowest BCUT2D eigenvalue weighted by molar-refractivity contribution is -0.116. The molecule has 4 heteroatoms. The van der Waals surface area contributed by atoms with E-state index in [9.17, 15) is 4.79 Å². The van der Waals surface area contributed by atoms with Crippen molar-refractivity contribution in [2.75, 3.05) is 11.1 Å². The van der Waals surface area contributed by atoms with Gasteiger partial charge >= 0.3 is 0 Å². The lowest BCUT2D eigenvalue weighted by Crippen LogP contribution is -2.11. The fraction of sp³-hybridized carbons (Fsp3) is 0.188. The Hall–Kier alpha value is -2.00. The summed E-state index contributed by atoms with van der Waals surface area (Å²) >= 11 is 5.91. The summed E-state index contributed by atoms with van der Waals surface area (Å²) in [4.78, 5) is 11.8. The summed E-state index contributed by atoms with van der Waals surface area (Å²) in [5, 5.41) is 3.27. The minimum Gasteiger partial charge on any atom is -0.398 e. The van der Waals surface area contributed by atoms with Gasteiger partial charge in [-0.3, -0.25) is 4.79 Å². The van der Waals surface area contributed by atoms with Crippen molar-refractivity contribution in [2.24, 2.45) is 0 Å². The third kappa shape index (κ3) is 4.28. The molecule has 0 radical (unpaired) electrons. The van der Waals surface area contributed by atoms with Gasteiger partial charge in [-0.15, -0.1) is 0 Å². The first kappa shape index (κ1) is 14.4. The zero-order valence-corrected chi connectivity index (χ0v) is 11.9. The molecule has 2 aromatic carbocycles. The largest absolute Gasteiger partial charge is 0.398 e. The van der Waals surface area contributed by atoms with Crippen LogP contribution in [0.25, 0.3) is 0 Å². The van der Waals surface area contributed by atoms with Crippen molar-refractivity contribution >= 4 is 28.9 Å². The molecule has 0 bridgehead atoms. The van der Waals surface area contributed by atoms with Crippen molar-refractivity contribution in [1.29, 1.82) is 0 Å². The second kappa shape index (κ2) is 6.96. The zero-order valence-electron chi connectivity index (χ0n) is 11.1. The first-order valence-electron chi connectivity index (χ1n) is 6.54. The van der Waals surface area contributed by atoms with Crippen LogP contribution in [0.5, 0.6) is 0 Å². The summed E-state index contributed by atoms with van der Waals surface area (Å²) in [5.74, 6) is -0.0123. The minimum absolute atomic E-state index is 0.0123. The highest BCUT2D eigenvalue weighted by Gasteiger charge is 2.04. The molecule has 0 atom stereocenters. The molecule has 0 aliphatic rings. The number of aryl methyl sites for hydroxylation is 1. The molecule has 0 fully saturated rings. The number of hydrogen-bond donors (Lipinski definition) is 2. The van der Waals surface area contributed by atoms with Gasteiger partial charge in [0, 0.05) is 12.1 Å². The van der Waals surface area contributed by atoms with Gasteiger partial charge in [0.1, 0.15) is 0 Å². The lowest BCUT2D eigenvalue weighted by atomic mass is 10.1.